The normalized spacial score (nSPS) is 45.8. The van der Waals surface area contributed by atoms with E-state index in [2.05, 4.69) is 18.9 Å². The average molecular weight is 153 g/mol. The van der Waals surface area contributed by atoms with E-state index in [-0.39, 0.29) is 0 Å². The molecular formula is C10H19N. The lowest BCUT2D eigenvalue weighted by molar-refractivity contribution is 0.238. The van der Waals surface area contributed by atoms with Crippen molar-refractivity contribution >= 4 is 0 Å². The van der Waals surface area contributed by atoms with Gasteiger partial charge in [-0.05, 0) is 37.6 Å². The standard InChI is InChI=1S/C10H19N/c1-8-3-4-9-6-11(2)7-10(9)5-8/h8-10H,3-7H2,1-2H3/t8-,9?,10?/m0/s1. The van der Waals surface area contributed by atoms with E-state index >= 15 is 0 Å². The van der Waals surface area contributed by atoms with Gasteiger partial charge < -0.3 is 4.90 Å². The van der Waals surface area contributed by atoms with Gasteiger partial charge in [0.2, 0.25) is 0 Å². The molecule has 2 fully saturated rings. The van der Waals surface area contributed by atoms with E-state index < -0.39 is 0 Å². The second-order valence-corrected chi connectivity index (χ2v) is 4.66. The summed E-state index contributed by atoms with van der Waals surface area (Å²) < 4.78 is 0. The zero-order valence-corrected chi connectivity index (χ0v) is 7.71. The molecule has 1 aliphatic carbocycles. The minimum Gasteiger partial charge on any atom is -0.306 e. The van der Waals surface area contributed by atoms with Gasteiger partial charge in [-0.1, -0.05) is 13.3 Å². The molecule has 1 nitrogen and oxygen atoms in total. The zero-order valence-electron chi connectivity index (χ0n) is 7.71. The van der Waals surface area contributed by atoms with E-state index in [1.54, 1.807) is 0 Å². The molecule has 1 aliphatic heterocycles. The summed E-state index contributed by atoms with van der Waals surface area (Å²) in [5, 5.41) is 0. The Morgan fingerprint density at radius 1 is 1.09 bits per heavy atom. The van der Waals surface area contributed by atoms with Crippen molar-refractivity contribution in [1.29, 1.82) is 0 Å². The average Bonchev–Trinajstić information content (AvgIpc) is 2.27. The first-order valence-electron chi connectivity index (χ1n) is 4.94. The maximum Gasteiger partial charge on any atom is 0.000995 e. The first-order chi connectivity index (χ1) is 5.25. The fraction of sp³-hybridized carbons (Fsp3) is 1.00. The van der Waals surface area contributed by atoms with Gasteiger partial charge in [0.15, 0.2) is 0 Å². The molecule has 1 heteroatoms. The third-order valence-corrected chi connectivity index (χ3v) is 3.49. The minimum absolute atomic E-state index is 1.00. The van der Waals surface area contributed by atoms with Gasteiger partial charge >= 0.3 is 0 Å². The highest BCUT2D eigenvalue weighted by molar-refractivity contribution is 4.86. The van der Waals surface area contributed by atoms with Gasteiger partial charge in [-0.15, -0.1) is 0 Å². The number of hydrogen-bond acceptors (Lipinski definition) is 1. The molecule has 0 radical (unpaired) electrons. The third-order valence-electron chi connectivity index (χ3n) is 3.49. The number of nitrogens with zero attached hydrogens (tertiary/aromatic N) is 1. The highest BCUT2D eigenvalue weighted by atomic mass is 15.1. The smallest absolute Gasteiger partial charge is 0.000995 e. The molecule has 0 aromatic rings. The van der Waals surface area contributed by atoms with Gasteiger partial charge in [-0.2, -0.15) is 0 Å². The molecular weight excluding hydrogens is 134 g/mol. The molecule has 0 aromatic heterocycles. The van der Waals surface area contributed by atoms with Gasteiger partial charge in [0.1, 0.15) is 0 Å². The zero-order chi connectivity index (χ0) is 7.84. The first-order valence-corrected chi connectivity index (χ1v) is 4.94. The number of likely N-dealkylation sites (tertiary alicyclic amines) is 1. The van der Waals surface area contributed by atoms with Crippen LogP contribution in [-0.2, 0) is 0 Å². The Labute approximate surface area is 69.8 Å². The summed E-state index contributed by atoms with van der Waals surface area (Å²) in [4.78, 5) is 2.51. The van der Waals surface area contributed by atoms with Crippen LogP contribution in [0.25, 0.3) is 0 Å². The molecule has 0 spiro atoms. The van der Waals surface area contributed by atoms with Crippen LogP contribution in [0, 0.1) is 17.8 Å². The largest absolute Gasteiger partial charge is 0.306 e. The summed E-state index contributed by atoms with van der Waals surface area (Å²) in [5.74, 6) is 3.10. The predicted octanol–water partition coefficient (Wildman–Crippen LogP) is 1.98. The van der Waals surface area contributed by atoms with Gasteiger partial charge in [-0.3, -0.25) is 0 Å². The summed E-state index contributed by atoms with van der Waals surface area (Å²) >= 11 is 0. The summed E-state index contributed by atoms with van der Waals surface area (Å²) in [6, 6.07) is 0. The van der Waals surface area contributed by atoms with Gasteiger partial charge in [0, 0.05) is 13.1 Å². The van der Waals surface area contributed by atoms with Crippen LogP contribution in [0.5, 0.6) is 0 Å². The second-order valence-electron chi connectivity index (χ2n) is 4.66. The van der Waals surface area contributed by atoms with E-state index in [9.17, 15) is 0 Å². The van der Waals surface area contributed by atoms with Crippen molar-refractivity contribution < 1.29 is 0 Å². The van der Waals surface area contributed by atoms with Gasteiger partial charge in [-0.25, -0.2) is 0 Å². The van der Waals surface area contributed by atoms with Crippen molar-refractivity contribution in [3.8, 4) is 0 Å². The topological polar surface area (TPSA) is 3.24 Å². The van der Waals surface area contributed by atoms with E-state index in [0.717, 1.165) is 17.8 Å². The number of fused-ring (bicyclic) bond motifs is 1. The van der Waals surface area contributed by atoms with Crippen LogP contribution in [0.4, 0.5) is 0 Å². The Morgan fingerprint density at radius 2 is 1.82 bits per heavy atom. The van der Waals surface area contributed by atoms with Crippen molar-refractivity contribution in [2.45, 2.75) is 26.2 Å². The third kappa shape index (κ3) is 1.44. The number of rotatable bonds is 0. The van der Waals surface area contributed by atoms with Crippen molar-refractivity contribution in [3.63, 3.8) is 0 Å². The van der Waals surface area contributed by atoms with Crippen molar-refractivity contribution in [3.05, 3.63) is 0 Å². The van der Waals surface area contributed by atoms with E-state index in [4.69, 9.17) is 0 Å². The second kappa shape index (κ2) is 2.78. The van der Waals surface area contributed by atoms with Crippen molar-refractivity contribution in [2.75, 3.05) is 20.1 Å². The highest BCUT2D eigenvalue weighted by Crippen LogP contribution is 2.37. The fourth-order valence-electron chi connectivity index (χ4n) is 2.90. The molecule has 2 unspecified atom stereocenters. The Kier molecular flexibility index (Phi) is 1.92. The van der Waals surface area contributed by atoms with Crippen LogP contribution >= 0.6 is 0 Å². The number of hydrogen-bond donors (Lipinski definition) is 0. The Balaban J connectivity index is 1.97. The molecule has 2 rings (SSSR count). The van der Waals surface area contributed by atoms with Crippen LogP contribution in [0.1, 0.15) is 26.2 Å². The summed E-state index contributed by atoms with van der Waals surface area (Å²) in [5.41, 5.74) is 0. The molecule has 11 heavy (non-hydrogen) atoms. The molecule has 0 amide bonds. The molecule has 64 valence electrons. The lowest BCUT2D eigenvalue weighted by atomic mass is 9.77. The Hall–Kier alpha value is -0.0400. The molecule has 2 aliphatic rings. The van der Waals surface area contributed by atoms with Crippen LogP contribution < -0.4 is 0 Å². The molecule has 3 atom stereocenters. The summed E-state index contributed by atoms with van der Waals surface area (Å²) in [6.45, 7) is 5.15. The minimum atomic E-state index is 1.00. The van der Waals surface area contributed by atoms with Crippen LogP contribution in [0.15, 0.2) is 0 Å². The predicted molar refractivity (Wildman–Crippen MR) is 47.5 cm³/mol. The monoisotopic (exact) mass is 153 g/mol. The maximum atomic E-state index is 2.51. The van der Waals surface area contributed by atoms with E-state index in [1.165, 1.54) is 32.4 Å². The van der Waals surface area contributed by atoms with Crippen molar-refractivity contribution in [1.82, 2.24) is 4.90 Å². The summed E-state index contributed by atoms with van der Waals surface area (Å²) in [6.07, 6.45) is 4.47. The molecule has 1 saturated heterocycles. The molecule has 0 N–H and O–H groups in total. The van der Waals surface area contributed by atoms with Crippen LogP contribution in [0.2, 0.25) is 0 Å². The SMILES string of the molecule is C[C@H]1CCC2CN(C)CC2C1. The first kappa shape index (κ1) is 7.60. The maximum absolute atomic E-state index is 2.51. The molecule has 0 bridgehead atoms. The van der Waals surface area contributed by atoms with Gasteiger partial charge in [0.05, 0.1) is 0 Å². The van der Waals surface area contributed by atoms with Crippen LogP contribution in [0.3, 0.4) is 0 Å². The van der Waals surface area contributed by atoms with Crippen LogP contribution in [-0.4, -0.2) is 25.0 Å². The van der Waals surface area contributed by atoms with E-state index in [0.29, 0.717) is 0 Å². The highest BCUT2D eigenvalue weighted by Gasteiger charge is 2.34. The summed E-state index contributed by atoms with van der Waals surface area (Å²) in [7, 11) is 2.27. The Morgan fingerprint density at radius 3 is 2.64 bits per heavy atom. The van der Waals surface area contributed by atoms with Gasteiger partial charge in [0.25, 0.3) is 0 Å². The quantitative estimate of drug-likeness (QED) is 0.514. The molecule has 1 heterocycles. The molecule has 1 saturated carbocycles. The molecule has 0 aromatic carbocycles. The van der Waals surface area contributed by atoms with E-state index in [1.807, 2.05) is 0 Å². The lowest BCUT2D eigenvalue weighted by Crippen LogP contribution is -2.21. The Bertz CT molecular complexity index is 144. The lowest BCUT2D eigenvalue weighted by Gasteiger charge is -2.28. The van der Waals surface area contributed by atoms with Crippen molar-refractivity contribution in [2.24, 2.45) is 17.8 Å². The fourth-order valence-corrected chi connectivity index (χ4v) is 2.90.